The van der Waals surface area contributed by atoms with Crippen LogP contribution in [0.4, 0.5) is 0 Å². The van der Waals surface area contributed by atoms with Crippen molar-refractivity contribution in [3.8, 4) is 0 Å². The van der Waals surface area contributed by atoms with E-state index in [-0.39, 0.29) is 19.0 Å². The molecule has 0 saturated heterocycles. The fourth-order valence-corrected chi connectivity index (χ4v) is 1.72. The summed E-state index contributed by atoms with van der Waals surface area (Å²) in [5, 5.41) is 11.5. The largest absolute Gasteiger partial charge is 0.480 e. The maximum atomic E-state index is 10.3. The summed E-state index contributed by atoms with van der Waals surface area (Å²) in [6.07, 6.45) is 7.41. The number of aliphatic carboxylic acids is 1. The fourth-order valence-electron chi connectivity index (χ4n) is 1.72. The number of carboxylic acids is 1. The van der Waals surface area contributed by atoms with Crippen LogP contribution in [0, 0.1) is 0 Å². The van der Waals surface area contributed by atoms with Crippen molar-refractivity contribution < 1.29 is 9.90 Å². The summed E-state index contributed by atoms with van der Waals surface area (Å²) in [6, 6.07) is 0.448. The predicted molar refractivity (Wildman–Crippen MR) is 54.4 cm³/mol. The molecule has 0 bridgehead atoms. The zero-order valence-corrected chi connectivity index (χ0v) is 8.61. The molecule has 1 aliphatic rings. The second-order valence-electron chi connectivity index (χ2n) is 3.46. The summed E-state index contributed by atoms with van der Waals surface area (Å²) in [6.45, 7) is 0.116. The Kier molecular flexibility index (Phi) is 7.00. The van der Waals surface area contributed by atoms with Gasteiger partial charge in [0.25, 0.3) is 0 Å². The van der Waals surface area contributed by atoms with E-state index in [1.54, 1.807) is 0 Å². The second-order valence-corrected chi connectivity index (χ2v) is 3.46. The summed E-state index contributed by atoms with van der Waals surface area (Å²) in [7, 11) is 0. The number of hydrogen-bond acceptors (Lipinski definition) is 2. The van der Waals surface area contributed by atoms with Gasteiger partial charge in [-0.15, -0.1) is 12.4 Å². The van der Waals surface area contributed by atoms with Crippen molar-refractivity contribution in [1.29, 1.82) is 0 Å². The summed E-state index contributed by atoms with van der Waals surface area (Å²) >= 11 is 0. The SMILES string of the molecule is Cl.O=C(O)CNC1CCCCCC1. The van der Waals surface area contributed by atoms with E-state index in [1.807, 2.05) is 0 Å². The average Bonchev–Trinajstić information content (AvgIpc) is 2.28. The van der Waals surface area contributed by atoms with Crippen LogP contribution >= 0.6 is 12.4 Å². The van der Waals surface area contributed by atoms with Crippen LogP contribution in [-0.2, 0) is 4.79 Å². The molecule has 0 aromatic heterocycles. The standard InChI is InChI=1S/C9H17NO2.ClH/c11-9(12)7-10-8-5-3-1-2-4-6-8;/h8,10H,1-7H2,(H,11,12);1H. The molecule has 0 atom stereocenters. The van der Waals surface area contributed by atoms with Gasteiger partial charge in [-0.1, -0.05) is 25.7 Å². The Bertz CT molecular complexity index is 145. The number of hydrogen-bond donors (Lipinski definition) is 2. The quantitative estimate of drug-likeness (QED) is 0.694. The number of carboxylic acid groups (broad SMARTS) is 1. The highest BCUT2D eigenvalue weighted by atomic mass is 35.5. The number of nitrogens with one attached hydrogen (secondary N) is 1. The van der Waals surface area contributed by atoms with Crippen molar-refractivity contribution in [2.45, 2.75) is 44.6 Å². The van der Waals surface area contributed by atoms with E-state index in [0.717, 1.165) is 12.8 Å². The molecule has 0 radical (unpaired) electrons. The van der Waals surface area contributed by atoms with Crippen LogP contribution in [0.25, 0.3) is 0 Å². The van der Waals surface area contributed by atoms with Crippen molar-refractivity contribution in [2.75, 3.05) is 6.54 Å². The third-order valence-electron chi connectivity index (χ3n) is 2.40. The van der Waals surface area contributed by atoms with Crippen molar-refractivity contribution in [3.63, 3.8) is 0 Å². The molecule has 0 aromatic rings. The lowest BCUT2D eigenvalue weighted by molar-refractivity contribution is -0.136. The summed E-state index contributed by atoms with van der Waals surface area (Å²) in [5.41, 5.74) is 0. The Morgan fingerprint density at radius 1 is 1.23 bits per heavy atom. The molecule has 4 heteroatoms. The first kappa shape index (κ1) is 12.7. The lowest BCUT2D eigenvalue weighted by Crippen LogP contribution is -2.33. The first-order chi connectivity index (χ1) is 5.79. The van der Waals surface area contributed by atoms with Gasteiger partial charge in [0.2, 0.25) is 0 Å². The lowest BCUT2D eigenvalue weighted by atomic mass is 10.1. The zero-order valence-electron chi connectivity index (χ0n) is 7.79. The van der Waals surface area contributed by atoms with Crippen LogP contribution in [0.3, 0.4) is 0 Å². The molecule has 2 N–H and O–H groups in total. The van der Waals surface area contributed by atoms with Gasteiger partial charge < -0.3 is 10.4 Å². The normalized spacial score (nSPS) is 18.8. The van der Waals surface area contributed by atoms with Gasteiger partial charge in [0.05, 0.1) is 6.54 Å². The number of halogens is 1. The van der Waals surface area contributed by atoms with E-state index in [2.05, 4.69) is 5.32 Å². The monoisotopic (exact) mass is 207 g/mol. The first-order valence-corrected chi connectivity index (χ1v) is 4.74. The van der Waals surface area contributed by atoms with Crippen LogP contribution < -0.4 is 5.32 Å². The summed E-state index contributed by atoms with van der Waals surface area (Å²) < 4.78 is 0. The van der Waals surface area contributed by atoms with E-state index in [4.69, 9.17) is 5.11 Å². The maximum absolute atomic E-state index is 10.3. The molecule has 0 aromatic carbocycles. The van der Waals surface area contributed by atoms with E-state index >= 15 is 0 Å². The molecule has 0 amide bonds. The van der Waals surface area contributed by atoms with Crippen molar-refractivity contribution in [1.82, 2.24) is 5.32 Å². The molecule has 1 rings (SSSR count). The predicted octanol–water partition coefficient (Wildman–Crippen LogP) is 1.81. The molecule has 1 aliphatic carbocycles. The highest BCUT2D eigenvalue weighted by Gasteiger charge is 2.11. The van der Waals surface area contributed by atoms with Crippen LogP contribution in [-0.4, -0.2) is 23.7 Å². The van der Waals surface area contributed by atoms with Crippen LogP contribution in [0.2, 0.25) is 0 Å². The van der Waals surface area contributed by atoms with Crippen molar-refractivity contribution in [2.24, 2.45) is 0 Å². The molecular weight excluding hydrogens is 190 g/mol. The number of rotatable bonds is 3. The molecule has 1 saturated carbocycles. The highest BCUT2D eigenvalue weighted by Crippen LogP contribution is 2.16. The summed E-state index contributed by atoms with van der Waals surface area (Å²) in [4.78, 5) is 10.3. The van der Waals surface area contributed by atoms with E-state index in [9.17, 15) is 4.79 Å². The van der Waals surface area contributed by atoms with Crippen LogP contribution in [0.1, 0.15) is 38.5 Å². The van der Waals surface area contributed by atoms with Crippen molar-refractivity contribution in [3.05, 3.63) is 0 Å². The van der Waals surface area contributed by atoms with Gasteiger partial charge in [0.1, 0.15) is 0 Å². The Morgan fingerprint density at radius 3 is 2.23 bits per heavy atom. The minimum absolute atomic E-state index is 0. The third kappa shape index (κ3) is 5.88. The Balaban J connectivity index is 0.00000144. The molecular formula is C9H18ClNO2. The van der Waals surface area contributed by atoms with Gasteiger partial charge >= 0.3 is 5.97 Å². The van der Waals surface area contributed by atoms with Gasteiger partial charge in [-0.2, -0.15) is 0 Å². The summed E-state index contributed by atoms with van der Waals surface area (Å²) in [5.74, 6) is -0.751. The Labute approximate surface area is 85.3 Å². The second kappa shape index (κ2) is 7.15. The number of carbonyl (C=O) groups is 1. The first-order valence-electron chi connectivity index (χ1n) is 4.74. The minimum Gasteiger partial charge on any atom is -0.480 e. The highest BCUT2D eigenvalue weighted by molar-refractivity contribution is 5.85. The molecule has 0 unspecified atom stereocenters. The van der Waals surface area contributed by atoms with Gasteiger partial charge in [-0.25, -0.2) is 0 Å². The maximum Gasteiger partial charge on any atom is 0.317 e. The molecule has 0 aliphatic heterocycles. The van der Waals surface area contributed by atoms with E-state index < -0.39 is 5.97 Å². The molecule has 78 valence electrons. The van der Waals surface area contributed by atoms with Crippen LogP contribution in [0.15, 0.2) is 0 Å². The minimum atomic E-state index is -0.751. The van der Waals surface area contributed by atoms with Gasteiger partial charge in [0.15, 0.2) is 0 Å². The molecule has 0 spiro atoms. The van der Waals surface area contributed by atoms with Gasteiger partial charge in [0, 0.05) is 6.04 Å². The van der Waals surface area contributed by atoms with Crippen molar-refractivity contribution >= 4 is 18.4 Å². The lowest BCUT2D eigenvalue weighted by Gasteiger charge is -2.13. The van der Waals surface area contributed by atoms with E-state index in [1.165, 1.54) is 25.7 Å². The molecule has 0 heterocycles. The topological polar surface area (TPSA) is 49.3 Å². The van der Waals surface area contributed by atoms with Crippen LogP contribution in [0.5, 0.6) is 0 Å². The third-order valence-corrected chi connectivity index (χ3v) is 2.40. The van der Waals surface area contributed by atoms with Gasteiger partial charge in [-0.05, 0) is 12.8 Å². The fraction of sp³-hybridized carbons (Fsp3) is 0.889. The smallest absolute Gasteiger partial charge is 0.317 e. The average molecular weight is 208 g/mol. The van der Waals surface area contributed by atoms with Gasteiger partial charge in [-0.3, -0.25) is 4.79 Å². The molecule has 13 heavy (non-hydrogen) atoms. The molecule has 1 fully saturated rings. The zero-order chi connectivity index (χ0) is 8.81. The Hall–Kier alpha value is -0.280. The Morgan fingerprint density at radius 2 is 1.77 bits per heavy atom. The molecule has 3 nitrogen and oxygen atoms in total. The van der Waals surface area contributed by atoms with E-state index in [0.29, 0.717) is 6.04 Å².